The molecule has 0 saturated carbocycles. The van der Waals surface area contributed by atoms with Crippen molar-refractivity contribution < 1.29 is 5.11 Å². The second-order valence-corrected chi connectivity index (χ2v) is 2.62. The van der Waals surface area contributed by atoms with Crippen LogP contribution < -0.4 is 0 Å². The first-order chi connectivity index (χ1) is 5.29. The second kappa shape index (κ2) is 5.30. The molecule has 1 aromatic rings. The monoisotopic (exact) mass is 157 g/mol. The van der Waals surface area contributed by atoms with Crippen LogP contribution in [-0.4, -0.2) is 24.0 Å². The molecule has 0 fully saturated rings. The van der Waals surface area contributed by atoms with E-state index in [0.717, 1.165) is 18.4 Å². The number of hydrogen-bond donors (Lipinski definition) is 1. The van der Waals surface area contributed by atoms with E-state index in [1.54, 1.807) is 6.07 Å². The van der Waals surface area contributed by atoms with Crippen molar-refractivity contribution >= 4 is 18.9 Å². The van der Waals surface area contributed by atoms with Gasteiger partial charge in [-0.05, 0) is 30.0 Å². The fourth-order valence-electron chi connectivity index (χ4n) is 1.36. The molecule has 0 atom stereocenters. The summed E-state index contributed by atoms with van der Waals surface area (Å²) in [5.41, 5.74) is 2.35. The van der Waals surface area contributed by atoms with Gasteiger partial charge in [0, 0.05) is 18.9 Å². The van der Waals surface area contributed by atoms with E-state index in [-0.39, 0.29) is 18.9 Å². The van der Waals surface area contributed by atoms with Gasteiger partial charge in [-0.25, -0.2) is 0 Å². The Balaban J connectivity index is 0.00000121. The Morgan fingerprint density at radius 1 is 1.17 bits per heavy atom. The van der Waals surface area contributed by atoms with Crippen LogP contribution in [0.2, 0.25) is 0 Å². The third-order valence-electron chi connectivity index (χ3n) is 1.98. The average Bonchev–Trinajstić information content (AvgIpc) is 2.04. The van der Waals surface area contributed by atoms with Crippen molar-refractivity contribution in [3.8, 4) is 5.75 Å². The summed E-state index contributed by atoms with van der Waals surface area (Å²) >= 11 is 0. The minimum atomic E-state index is 0. The minimum absolute atomic E-state index is 0. The van der Waals surface area contributed by atoms with E-state index in [9.17, 15) is 5.11 Å². The SMILES string of the molecule is CCc1cccc(O)c1CC.[Li]. The molecular weight excluding hydrogens is 143 g/mol. The predicted octanol–water partition coefficient (Wildman–Crippen LogP) is 2.14. The van der Waals surface area contributed by atoms with Crippen molar-refractivity contribution in [3.63, 3.8) is 0 Å². The van der Waals surface area contributed by atoms with Crippen molar-refractivity contribution in [2.45, 2.75) is 26.7 Å². The first kappa shape index (κ1) is 11.6. The largest absolute Gasteiger partial charge is 0.508 e. The molecule has 0 aliphatic rings. The van der Waals surface area contributed by atoms with Gasteiger partial charge in [-0.1, -0.05) is 26.0 Å². The molecule has 0 amide bonds. The zero-order valence-corrected chi connectivity index (χ0v) is 8.09. The second-order valence-electron chi connectivity index (χ2n) is 2.62. The van der Waals surface area contributed by atoms with E-state index >= 15 is 0 Å². The molecule has 0 spiro atoms. The van der Waals surface area contributed by atoms with Crippen LogP contribution in [0.4, 0.5) is 0 Å². The van der Waals surface area contributed by atoms with Crippen LogP contribution in [0, 0.1) is 0 Å². The van der Waals surface area contributed by atoms with Gasteiger partial charge in [0.15, 0.2) is 0 Å². The van der Waals surface area contributed by atoms with E-state index in [4.69, 9.17) is 0 Å². The molecular formula is C10H14LiO. The number of phenolic OH excluding ortho intramolecular Hbond substituents is 1. The molecule has 1 nitrogen and oxygen atoms in total. The Kier molecular flexibility index (Phi) is 5.13. The molecule has 0 bridgehead atoms. The molecule has 0 heterocycles. The minimum Gasteiger partial charge on any atom is -0.508 e. The molecule has 12 heavy (non-hydrogen) atoms. The molecule has 0 unspecified atom stereocenters. The first-order valence-corrected chi connectivity index (χ1v) is 4.09. The Morgan fingerprint density at radius 2 is 1.83 bits per heavy atom. The summed E-state index contributed by atoms with van der Waals surface area (Å²) in [6, 6.07) is 5.71. The molecule has 2 heteroatoms. The van der Waals surface area contributed by atoms with Gasteiger partial charge in [-0.15, -0.1) is 0 Å². The number of phenols is 1. The number of hydrogen-bond acceptors (Lipinski definition) is 1. The molecule has 0 saturated heterocycles. The van der Waals surface area contributed by atoms with Gasteiger partial charge in [0.25, 0.3) is 0 Å². The molecule has 1 N–H and O–H groups in total. The summed E-state index contributed by atoms with van der Waals surface area (Å²) < 4.78 is 0. The first-order valence-electron chi connectivity index (χ1n) is 4.09. The summed E-state index contributed by atoms with van der Waals surface area (Å²) in [5, 5.41) is 9.42. The van der Waals surface area contributed by atoms with Crippen LogP contribution in [-0.2, 0) is 12.8 Å². The number of rotatable bonds is 2. The normalized spacial score (nSPS) is 9.17. The number of benzene rings is 1. The van der Waals surface area contributed by atoms with Gasteiger partial charge in [-0.2, -0.15) is 0 Å². The van der Waals surface area contributed by atoms with E-state index < -0.39 is 0 Å². The van der Waals surface area contributed by atoms with Crippen LogP contribution in [0.1, 0.15) is 25.0 Å². The van der Waals surface area contributed by atoms with Gasteiger partial charge in [-0.3, -0.25) is 0 Å². The quantitative estimate of drug-likeness (QED) is 0.652. The van der Waals surface area contributed by atoms with Crippen molar-refractivity contribution in [1.29, 1.82) is 0 Å². The molecule has 0 aromatic heterocycles. The Morgan fingerprint density at radius 3 is 2.25 bits per heavy atom. The summed E-state index contributed by atoms with van der Waals surface area (Å²) in [4.78, 5) is 0. The topological polar surface area (TPSA) is 20.2 Å². The van der Waals surface area contributed by atoms with Gasteiger partial charge in [0.1, 0.15) is 5.75 Å². The summed E-state index contributed by atoms with van der Waals surface area (Å²) in [5.74, 6) is 0.437. The fraction of sp³-hybridized carbons (Fsp3) is 0.400. The van der Waals surface area contributed by atoms with Crippen molar-refractivity contribution in [3.05, 3.63) is 29.3 Å². The summed E-state index contributed by atoms with van der Waals surface area (Å²) in [6.07, 6.45) is 1.91. The van der Waals surface area contributed by atoms with Crippen LogP contribution in [0.25, 0.3) is 0 Å². The molecule has 1 radical (unpaired) electrons. The predicted molar refractivity (Wildman–Crippen MR) is 52.6 cm³/mol. The average molecular weight is 157 g/mol. The Labute approximate surface area is 86.0 Å². The smallest absolute Gasteiger partial charge is 0.119 e. The zero-order valence-electron chi connectivity index (χ0n) is 8.09. The van der Waals surface area contributed by atoms with Crippen LogP contribution in [0.5, 0.6) is 5.75 Å². The van der Waals surface area contributed by atoms with Gasteiger partial charge in [0.05, 0.1) is 0 Å². The molecule has 0 aliphatic carbocycles. The zero-order chi connectivity index (χ0) is 8.27. The Hall–Kier alpha value is -0.383. The maximum absolute atomic E-state index is 9.42. The molecule has 0 aliphatic heterocycles. The van der Waals surface area contributed by atoms with E-state index in [1.165, 1.54) is 5.56 Å². The van der Waals surface area contributed by atoms with Crippen LogP contribution >= 0.6 is 0 Å². The number of aryl methyl sites for hydroxylation is 1. The van der Waals surface area contributed by atoms with Crippen molar-refractivity contribution in [1.82, 2.24) is 0 Å². The van der Waals surface area contributed by atoms with E-state index in [2.05, 4.69) is 19.9 Å². The molecule has 1 rings (SSSR count). The third-order valence-corrected chi connectivity index (χ3v) is 1.98. The van der Waals surface area contributed by atoms with Crippen molar-refractivity contribution in [2.24, 2.45) is 0 Å². The van der Waals surface area contributed by atoms with Gasteiger partial charge < -0.3 is 5.11 Å². The maximum Gasteiger partial charge on any atom is 0.119 e. The van der Waals surface area contributed by atoms with Gasteiger partial charge >= 0.3 is 0 Å². The maximum atomic E-state index is 9.42. The number of aromatic hydroxyl groups is 1. The Bertz CT molecular complexity index is 246. The molecule has 61 valence electrons. The summed E-state index contributed by atoms with van der Waals surface area (Å²) in [6.45, 7) is 4.17. The van der Waals surface area contributed by atoms with Crippen LogP contribution in [0.3, 0.4) is 0 Å². The fourth-order valence-corrected chi connectivity index (χ4v) is 1.36. The van der Waals surface area contributed by atoms with Gasteiger partial charge in [0.2, 0.25) is 0 Å². The van der Waals surface area contributed by atoms with E-state index in [0.29, 0.717) is 5.75 Å². The van der Waals surface area contributed by atoms with Crippen molar-refractivity contribution in [2.75, 3.05) is 0 Å². The third kappa shape index (κ3) is 2.30. The van der Waals surface area contributed by atoms with Crippen LogP contribution in [0.15, 0.2) is 18.2 Å². The summed E-state index contributed by atoms with van der Waals surface area (Å²) in [7, 11) is 0. The standard InChI is InChI=1S/C10H14O.Li/c1-3-8-6-5-7-10(11)9(8)4-2;/h5-7,11H,3-4H2,1-2H3;. The van der Waals surface area contributed by atoms with E-state index in [1.807, 2.05) is 6.07 Å². The molecule has 1 aromatic carbocycles.